The van der Waals surface area contributed by atoms with Crippen LogP contribution < -0.4 is 0 Å². The molecule has 3 rings (SSSR count). The maximum atomic E-state index is 12.5. The van der Waals surface area contributed by atoms with Crippen LogP contribution in [-0.4, -0.2) is 79.9 Å². The normalized spacial score (nSPS) is 45.3. The first-order valence-corrected chi connectivity index (χ1v) is 10.6. The van der Waals surface area contributed by atoms with E-state index in [1.165, 1.54) is 13.8 Å². The van der Waals surface area contributed by atoms with Crippen molar-refractivity contribution in [3.05, 3.63) is 0 Å². The van der Waals surface area contributed by atoms with E-state index < -0.39 is 76.9 Å². The van der Waals surface area contributed by atoms with Gasteiger partial charge in [0.05, 0.1) is 5.92 Å². The molecule has 2 aliphatic heterocycles. The molecule has 2 saturated heterocycles. The number of fused-ring (bicyclic) bond motifs is 3. The van der Waals surface area contributed by atoms with Crippen LogP contribution in [0.1, 0.15) is 60.3 Å². The molecule has 11 nitrogen and oxygen atoms in total. The Kier molecular flexibility index (Phi) is 5.95. The molecule has 0 bridgehead atoms. The van der Waals surface area contributed by atoms with Crippen LogP contribution in [0.5, 0.6) is 0 Å². The minimum absolute atomic E-state index is 0.0188. The van der Waals surface area contributed by atoms with Crippen LogP contribution in [0.2, 0.25) is 0 Å². The number of ether oxygens (including phenoxy) is 4. The van der Waals surface area contributed by atoms with Gasteiger partial charge in [-0.3, -0.25) is 14.4 Å². The highest BCUT2D eigenvalue weighted by Gasteiger charge is 2.80. The lowest BCUT2D eigenvalue weighted by Gasteiger charge is -2.42. The molecule has 0 aromatic rings. The lowest BCUT2D eigenvalue weighted by Crippen LogP contribution is -2.68. The van der Waals surface area contributed by atoms with E-state index in [1.807, 2.05) is 0 Å². The summed E-state index contributed by atoms with van der Waals surface area (Å²) < 4.78 is 21.8. The SMILES string of the molecule is CCCC(=O)O[C@H]1C[C@](C)(OC(C)=O)[C@H]2C[C@H](C(C)=O)O[C@@]2(O)[C@@H]2OC(=O)[C@@](C)(O)[C@@]12O. The van der Waals surface area contributed by atoms with Gasteiger partial charge in [-0.25, -0.2) is 4.79 Å². The number of ketones is 1. The molecule has 1 aliphatic carbocycles. The fourth-order valence-electron chi connectivity index (χ4n) is 5.19. The average molecular weight is 458 g/mol. The molecule has 0 unspecified atom stereocenters. The number of carbonyl (C=O) groups is 4. The molecule has 2 heterocycles. The van der Waals surface area contributed by atoms with E-state index in [2.05, 4.69) is 0 Å². The summed E-state index contributed by atoms with van der Waals surface area (Å²) in [4.78, 5) is 48.9. The molecule has 1 saturated carbocycles. The van der Waals surface area contributed by atoms with E-state index in [0.717, 1.165) is 13.8 Å². The zero-order valence-electron chi connectivity index (χ0n) is 18.7. The topological polar surface area (TPSA) is 166 Å². The molecule has 180 valence electrons. The van der Waals surface area contributed by atoms with Gasteiger partial charge in [0.2, 0.25) is 5.79 Å². The van der Waals surface area contributed by atoms with Crippen LogP contribution in [-0.2, 0) is 38.1 Å². The van der Waals surface area contributed by atoms with Gasteiger partial charge in [-0.1, -0.05) is 6.92 Å². The van der Waals surface area contributed by atoms with Gasteiger partial charge in [-0.2, -0.15) is 0 Å². The molecule has 0 aromatic heterocycles. The Morgan fingerprint density at radius 3 is 2.31 bits per heavy atom. The predicted molar refractivity (Wildman–Crippen MR) is 104 cm³/mol. The largest absolute Gasteiger partial charge is 0.459 e. The van der Waals surface area contributed by atoms with Crippen molar-refractivity contribution in [3.63, 3.8) is 0 Å². The van der Waals surface area contributed by atoms with Crippen LogP contribution in [0.4, 0.5) is 0 Å². The van der Waals surface area contributed by atoms with Gasteiger partial charge in [-0.05, 0) is 33.6 Å². The summed E-state index contributed by atoms with van der Waals surface area (Å²) in [5.41, 5.74) is -6.91. The zero-order valence-corrected chi connectivity index (χ0v) is 18.7. The highest BCUT2D eigenvalue weighted by Crippen LogP contribution is 2.58. The number of hydrogen-bond acceptors (Lipinski definition) is 11. The molecule has 0 radical (unpaired) electrons. The van der Waals surface area contributed by atoms with E-state index in [0.29, 0.717) is 6.42 Å². The van der Waals surface area contributed by atoms with Gasteiger partial charge in [0.1, 0.15) is 17.8 Å². The van der Waals surface area contributed by atoms with Crippen molar-refractivity contribution >= 4 is 23.7 Å². The highest BCUT2D eigenvalue weighted by molar-refractivity contribution is 5.85. The Morgan fingerprint density at radius 2 is 1.78 bits per heavy atom. The first kappa shape index (κ1) is 24.6. The lowest BCUT2D eigenvalue weighted by molar-refractivity contribution is -0.305. The monoisotopic (exact) mass is 458 g/mol. The van der Waals surface area contributed by atoms with Gasteiger partial charge >= 0.3 is 17.9 Å². The smallest absolute Gasteiger partial charge is 0.341 e. The van der Waals surface area contributed by atoms with E-state index in [4.69, 9.17) is 18.9 Å². The van der Waals surface area contributed by atoms with E-state index in [1.54, 1.807) is 6.92 Å². The number of Topliss-reactive ketones (excluding diaryl/α,β-unsaturated/α-hetero) is 1. The first-order valence-electron chi connectivity index (χ1n) is 10.6. The summed E-state index contributed by atoms with van der Waals surface area (Å²) in [6.45, 7) is 6.52. The molecule has 3 N–H and O–H groups in total. The zero-order chi connectivity index (χ0) is 24.3. The van der Waals surface area contributed by atoms with Crippen molar-refractivity contribution in [1.29, 1.82) is 0 Å². The summed E-state index contributed by atoms with van der Waals surface area (Å²) in [7, 11) is 0. The van der Waals surface area contributed by atoms with Crippen LogP contribution in [0, 0.1) is 5.92 Å². The van der Waals surface area contributed by atoms with E-state index >= 15 is 0 Å². The fourth-order valence-corrected chi connectivity index (χ4v) is 5.19. The number of hydrogen-bond donors (Lipinski definition) is 3. The summed E-state index contributed by atoms with van der Waals surface area (Å²) in [5.74, 6) is -6.87. The standard InChI is InChI=1S/C21H30O11/c1-6-7-15(24)29-14-9-18(4,31-11(3)23)13-8-12(10(2)22)32-21(13,28)16-20(14,27)19(5,26)17(25)30-16/h12-14,16,26-28H,6-9H2,1-5H3/t12-,13-,14+,16-,18+,19-,20-,21-/m1/s1. The first-order chi connectivity index (χ1) is 14.6. The molecule has 0 aromatic carbocycles. The maximum absolute atomic E-state index is 12.5. The number of rotatable bonds is 5. The quantitative estimate of drug-likeness (QED) is 0.359. The third-order valence-electron chi connectivity index (χ3n) is 6.83. The fraction of sp³-hybridized carbons (Fsp3) is 0.810. The van der Waals surface area contributed by atoms with E-state index in [9.17, 15) is 34.5 Å². The van der Waals surface area contributed by atoms with Crippen molar-refractivity contribution in [2.75, 3.05) is 0 Å². The Morgan fingerprint density at radius 1 is 1.16 bits per heavy atom. The number of carbonyl (C=O) groups excluding carboxylic acids is 4. The third-order valence-corrected chi connectivity index (χ3v) is 6.83. The Balaban J connectivity index is 2.21. The summed E-state index contributed by atoms with van der Waals surface area (Å²) in [6, 6.07) is 0. The summed E-state index contributed by atoms with van der Waals surface area (Å²) in [6.07, 6.45) is -4.83. The van der Waals surface area contributed by atoms with Gasteiger partial charge in [0.15, 0.2) is 23.1 Å². The van der Waals surface area contributed by atoms with Crippen LogP contribution in [0.3, 0.4) is 0 Å². The van der Waals surface area contributed by atoms with Crippen molar-refractivity contribution in [1.82, 2.24) is 0 Å². The Labute approximate surface area is 185 Å². The Hall–Kier alpha value is -2.08. The second-order valence-corrected chi connectivity index (χ2v) is 9.28. The van der Waals surface area contributed by atoms with Crippen LogP contribution in [0.25, 0.3) is 0 Å². The number of aliphatic hydroxyl groups is 3. The average Bonchev–Trinajstić information content (AvgIpc) is 3.09. The molecule has 3 fully saturated rings. The second kappa shape index (κ2) is 7.75. The van der Waals surface area contributed by atoms with Gasteiger partial charge < -0.3 is 34.3 Å². The Bertz CT molecular complexity index is 838. The molecule has 0 spiro atoms. The van der Waals surface area contributed by atoms with Gasteiger partial charge in [0, 0.05) is 19.8 Å². The van der Waals surface area contributed by atoms with Gasteiger partial charge in [0.25, 0.3) is 0 Å². The van der Waals surface area contributed by atoms with Crippen molar-refractivity contribution in [2.45, 2.75) is 101 Å². The van der Waals surface area contributed by atoms with Crippen molar-refractivity contribution < 1.29 is 53.4 Å². The third kappa shape index (κ3) is 3.42. The molecule has 0 amide bonds. The molecular formula is C21H30O11. The van der Waals surface area contributed by atoms with E-state index in [-0.39, 0.29) is 12.8 Å². The lowest BCUT2D eigenvalue weighted by atomic mass is 9.75. The molecular weight excluding hydrogens is 428 g/mol. The molecule has 11 heteroatoms. The maximum Gasteiger partial charge on any atom is 0.341 e. The van der Waals surface area contributed by atoms with Gasteiger partial charge in [-0.15, -0.1) is 0 Å². The van der Waals surface area contributed by atoms with Crippen molar-refractivity contribution in [2.24, 2.45) is 5.92 Å². The molecule has 3 aliphatic rings. The predicted octanol–water partition coefficient (Wildman–Crippen LogP) is -0.486. The minimum atomic E-state index is -2.68. The van der Waals surface area contributed by atoms with Crippen LogP contribution in [0.15, 0.2) is 0 Å². The van der Waals surface area contributed by atoms with Crippen LogP contribution >= 0.6 is 0 Å². The van der Waals surface area contributed by atoms with Crippen molar-refractivity contribution in [3.8, 4) is 0 Å². The summed E-state index contributed by atoms with van der Waals surface area (Å²) in [5, 5.41) is 34.3. The number of esters is 3. The molecule has 32 heavy (non-hydrogen) atoms. The molecule has 8 atom stereocenters. The minimum Gasteiger partial charge on any atom is -0.459 e. The highest BCUT2D eigenvalue weighted by atomic mass is 16.7. The second-order valence-electron chi connectivity index (χ2n) is 9.28. The summed E-state index contributed by atoms with van der Waals surface area (Å²) >= 11 is 0.